The van der Waals surface area contributed by atoms with Crippen LogP contribution >= 0.6 is 0 Å². The molecule has 0 saturated heterocycles. The molecule has 3 N–H and O–H groups in total. The molecule has 0 radical (unpaired) electrons. The minimum absolute atomic E-state index is 0.0646. The summed E-state index contributed by atoms with van der Waals surface area (Å²) < 4.78 is 4.42. The van der Waals surface area contributed by atoms with E-state index in [2.05, 4.69) is 20.0 Å². The lowest BCUT2D eigenvalue weighted by atomic mass is 10.6. The number of anilines is 2. The van der Waals surface area contributed by atoms with Gasteiger partial charge in [-0.2, -0.15) is 0 Å². The number of esters is 1. The van der Waals surface area contributed by atoms with E-state index in [-0.39, 0.29) is 12.5 Å². The quantitative estimate of drug-likeness (QED) is 0.620. The van der Waals surface area contributed by atoms with Crippen molar-refractivity contribution in [2.24, 2.45) is 0 Å². The molecule has 13 heavy (non-hydrogen) atoms. The Hall–Kier alpha value is -1.85. The number of carbonyl (C=O) groups is 1. The summed E-state index contributed by atoms with van der Waals surface area (Å²) >= 11 is 0. The van der Waals surface area contributed by atoms with Gasteiger partial charge in [0.25, 0.3) is 0 Å². The molecule has 0 amide bonds. The molecule has 0 saturated carbocycles. The highest BCUT2D eigenvalue weighted by molar-refractivity contribution is 5.74. The highest BCUT2D eigenvalue weighted by Gasteiger charge is 1.99. The van der Waals surface area contributed by atoms with Crippen molar-refractivity contribution in [3.63, 3.8) is 0 Å². The molecule has 0 aromatic carbocycles. The van der Waals surface area contributed by atoms with E-state index < -0.39 is 0 Å². The first kappa shape index (κ1) is 9.24. The maximum Gasteiger partial charge on any atom is 0.325 e. The first-order chi connectivity index (χ1) is 6.22. The first-order valence-electron chi connectivity index (χ1n) is 3.60. The van der Waals surface area contributed by atoms with Gasteiger partial charge in [0.1, 0.15) is 18.2 Å². The van der Waals surface area contributed by atoms with Crippen LogP contribution in [0.1, 0.15) is 0 Å². The van der Waals surface area contributed by atoms with Gasteiger partial charge in [-0.25, -0.2) is 9.97 Å². The van der Waals surface area contributed by atoms with Crippen molar-refractivity contribution in [1.82, 2.24) is 9.97 Å². The molecule has 0 bridgehead atoms. The van der Waals surface area contributed by atoms with Crippen molar-refractivity contribution >= 4 is 17.6 Å². The van der Waals surface area contributed by atoms with Crippen LogP contribution in [0.25, 0.3) is 0 Å². The fourth-order valence-corrected chi connectivity index (χ4v) is 0.664. The van der Waals surface area contributed by atoms with Crippen molar-refractivity contribution in [3.8, 4) is 0 Å². The molecule has 6 nitrogen and oxygen atoms in total. The SMILES string of the molecule is COC(=O)CNc1cnc(N)cn1. The molecular formula is C7H10N4O2. The number of nitrogen functional groups attached to an aromatic ring is 1. The summed E-state index contributed by atoms with van der Waals surface area (Å²) in [5, 5.41) is 2.72. The standard InChI is InChI=1S/C7H10N4O2/c1-13-7(12)4-11-6-3-9-5(8)2-10-6/h2-3H,4H2,1H3,(H2,8,9)(H,10,11). The van der Waals surface area contributed by atoms with Crippen molar-refractivity contribution in [2.45, 2.75) is 0 Å². The Balaban J connectivity index is 2.46. The van der Waals surface area contributed by atoms with E-state index in [9.17, 15) is 4.79 Å². The van der Waals surface area contributed by atoms with E-state index in [1.807, 2.05) is 0 Å². The largest absolute Gasteiger partial charge is 0.468 e. The van der Waals surface area contributed by atoms with Crippen LogP contribution in [0.2, 0.25) is 0 Å². The lowest BCUT2D eigenvalue weighted by Gasteiger charge is -2.02. The highest BCUT2D eigenvalue weighted by atomic mass is 16.5. The molecule has 6 heteroatoms. The number of rotatable bonds is 3. The van der Waals surface area contributed by atoms with E-state index in [1.165, 1.54) is 19.5 Å². The Bertz CT molecular complexity index is 285. The van der Waals surface area contributed by atoms with E-state index in [0.29, 0.717) is 11.6 Å². The number of carbonyl (C=O) groups excluding carboxylic acids is 1. The zero-order chi connectivity index (χ0) is 9.68. The van der Waals surface area contributed by atoms with Gasteiger partial charge in [-0.15, -0.1) is 0 Å². The Morgan fingerprint density at radius 1 is 1.62 bits per heavy atom. The molecule has 0 spiro atoms. The molecule has 1 heterocycles. The van der Waals surface area contributed by atoms with Gasteiger partial charge >= 0.3 is 5.97 Å². The summed E-state index contributed by atoms with van der Waals surface area (Å²) in [6.45, 7) is 0.0646. The summed E-state index contributed by atoms with van der Waals surface area (Å²) in [6, 6.07) is 0. The van der Waals surface area contributed by atoms with Crippen molar-refractivity contribution in [1.29, 1.82) is 0 Å². The lowest BCUT2D eigenvalue weighted by Crippen LogP contribution is -2.15. The maximum absolute atomic E-state index is 10.7. The lowest BCUT2D eigenvalue weighted by molar-refractivity contribution is -0.138. The fourth-order valence-electron chi connectivity index (χ4n) is 0.664. The average molecular weight is 182 g/mol. The van der Waals surface area contributed by atoms with Crippen LogP contribution in [0, 0.1) is 0 Å². The number of ether oxygens (including phenoxy) is 1. The zero-order valence-corrected chi connectivity index (χ0v) is 7.15. The van der Waals surface area contributed by atoms with Gasteiger partial charge in [-0.05, 0) is 0 Å². The van der Waals surface area contributed by atoms with Crippen LogP contribution in [0.5, 0.6) is 0 Å². The average Bonchev–Trinajstić information content (AvgIpc) is 2.16. The van der Waals surface area contributed by atoms with Gasteiger partial charge in [0, 0.05) is 0 Å². The predicted molar refractivity (Wildman–Crippen MR) is 47.0 cm³/mol. The molecule has 70 valence electrons. The van der Waals surface area contributed by atoms with E-state index >= 15 is 0 Å². The minimum atomic E-state index is -0.362. The molecule has 1 aromatic heterocycles. The van der Waals surface area contributed by atoms with E-state index in [1.54, 1.807) is 0 Å². The van der Waals surface area contributed by atoms with Crippen molar-refractivity contribution in [2.75, 3.05) is 24.7 Å². The highest BCUT2D eigenvalue weighted by Crippen LogP contribution is 2.00. The Labute approximate surface area is 75.1 Å². The van der Waals surface area contributed by atoms with Gasteiger partial charge in [0.2, 0.25) is 0 Å². The molecular weight excluding hydrogens is 172 g/mol. The molecule has 0 aliphatic heterocycles. The van der Waals surface area contributed by atoms with Crippen LogP contribution in [0.4, 0.5) is 11.6 Å². The van der Waals surface area contributed by atoms with Crippen LogP contribution in [0.15, 0.2) is 12.4 Å². The van der Waals surface area contributed by atoms with E-state index in [0.717, 1.165) is 0 Å². The fraction of sp³-hybridized carbons (Fsp3) is 0.286. The van der Waals surface area contributed by atoms with Crippen LogP contribution < -0.4 is 11.1 Å². The predicted octanol–water partition coefficient (Wildman–Crippen LogP) is -0.356. The van der Waals surface area contributed by atoms with Gasteiger partial charge in [-0.1, -0.05) is 0 Å². The second-order valence-corrected chi connectivity index (χ2v) is 2.26. The first-order valence-corrected chi connectivity index (χ1v) is 3.60. The third kappa shape index (κ3) is 2.94. The minimum Gasteiger partial charge on any atom is -0.468 e. The third-order valence-electron chi connectivity index (χ3n) is 1.31. The zero-order valence-electron chi connectivity index (χ0n) is 7.15. The number of nitrogens with one attached hydrogen (secondary N) is 1. The number of hydrogen-bond donors (Lipinski definition) is 2. The van der Waals surface area contributed by atoms with Crippen molar-refractivity contribution in [3.05, 3.63) is 12.4 Å². The maximum atomic E-state index is 10.7. The monoisotopic (exact) mass is 182 g/mol. The summed E-state index contributed by atoms with van der Waals surface area (Å²) in [5.74, 6) is 0.460. The second kappa shape index (κ2) is 4.24. The topological polar surface area (TPSA) is 90.1 Å². The number of nitrogens with two attached hydrogens (primary N) is 1. The van der Waals surface area contributed by atoms with Gasteiger partial charge < -0.3 is 15.8 Å². The molecule has 1 aromatic rings. The molecule has 0 unspecified atom stereocenters. The van der Waals surface area contributed by atoms with Crippen LogP contribution in [-0.4, -0.2) is 29.6 Å². The Morgan fingerprint density at radius 3 is 2.92 bits per heavy atom. The Morgan fingerprint density at radius 2 is 2.38 bits per heavy atom. The summed E-state index contributed by atoms with van der Waals surface area (Å²) in [7, 11) is 1.32. The van der Waals surface area contributed by atoms with Crippen LogP contribution in [0.3, 0.4) is 0 Å². The molecule has 0 aliphatic rings. The number of methoxy groups -OCH3 is 1. The summed E-state index contributed by atoms with van der Waals surface area (Å²) in [6.07, 6.45) is 2.85. The molecule has 0 aliphatic carbocycles. The number of nitrogens with zero attached hydrogens (tertiary/aromatic N) is 2. The van der Waals surface area contributed by atoms with Crippen LogP contribution in [-0.2, 0) is 9.53 Å². The molecule has 0 atom stereocenters. The van der Waals surface area contributed by atoms with Gasteiger partial charge in [0.15, 0.2) is 0 Å². The number of hydrogen-bond acceptors (Lipinski definition) is 6. The normalized spacial score (nSPS) is 9.31. The van der Waals surface area contributed by atoms with Crippen molar-refractivity contribution < 1.29 is 9.53 Å². The smallest absolute Gasteiger partial charge is 0.325 e. The third-order valence-corrected chi connectivity index (χ3v) is 1.31. The number of aromatic nitrogens is 2. The van der Waals surface area contributed by atoms with Gasteiger partial charge in [-0.3, -0.25) is 4.79 Å². The Kier molecular flexibility index (Phi) is 3.02. The van der Waals surface area contributed by atoms with Gasteiger partial charge in [0.05, 0.1) is 19.5 Å². The summed E-state index contributed by atoms with van der Waals surface area (Å²) in [4.78, 5) is 18.4. The molecule has 1 rings (SSSR count). The second-order valence-electron chi connectivity index (χ2n) is 2.26. The summed E-state index contributed by atoms with van der Waals surface area (Å²) in [5.41, 5.74) is 5.32. The van der Waals surface area contributed by atoms with E-state index in [4.69, 9.17) is 5.73 Å². The molecule has 0 fully saturated rings.